The van der Waals surface area contributed by atoms with Crippen molar-refractivity contribution in [3.63, 3.8) is 0 Å². The van der Waals surface area contributed by atoms with E-state index in [1.807, 2.05) is 0 Å². The molecule has 1 fully saturated rings. The second kappa shape index (κ2) is 8.67. The number of hydrogen-bond acceptors (Lipinski definition) is 3. The van der Waals surface area contributed by atoms with Crippen LogP contribution in [0.1, 0.15) is 38.2 Å². The summed E-state index contributed by atoms with van der Waals surface area (Å²) in [5.74, 6) is 0.431. The van der Waals surface area contributed by atoms with Crippen molar-refractivity contribution in [3.8, 4) is 0 Å². The molecular weight excluding hydrogens is 357 g/mol. The monoisotopic (exact) mass is 379 g/mol. The van der Waals surface area contributed by atoms with Gasteiger partial charge in [0.05, 0.1) is 28.5 Å². The number of halogens is 2. The minimum absolute atomic E-state index is 0.121. The lowest BCUT2D eigenvalue weighted by molar-refractivity contribution is -0.00177. The highest BCUT2D eigenvalue weighted by Gasteiger charge is 2.21. The Hall–Kier alpha value is -0.330. The van der Waals surface area contributed by atoms with Crippen molar-refractivity contribution in [2.24, 2.45) is 5.92 Å². The van der Waals surface area contributed by atoms with Crippen LogP contribution >= 0.6 is 23.2 Å². The Morgan fingerprint density at radius 1 is 1.22 bits per heavy atom. The lowest BCUT2D eigenvalue weighted by Crippen LogP contribution is -2.32. The van der Waals surface area contributed by atoms with Crippen LogP contribution in [0.5, 0.6) is 0 Å². The average molecular weight is 380 g/mol. The van der Waals surface area contributed by atoms with Gasteiger partial charge in [0.15, 0.2) is 0 Å². The van der Waals surface area contributed by atoms with Gasteiger partial charge in [-0.05, 0) is 36.5 Å². The molecule has 1 saturated carbocycles. The van der Waals surface area contributed by atoms with Gasteiger partial charge in [0.1, 0.15) is 0 Å². The lowest BCUT2D eigenvalue weighted by atomic mass is 9.88. The van der Waals surface area contributed by atoms with Crippen molar-refractivity contribution in [1.82, 2.24) is 4.72 Å². The van der Waals surface area contributed by atoms with Crippen LogP contribution in [0.3, 0.4) is 0 Å². The summed E-state index contributed by atoms with van der Waals surface area (Å²) in [6, 6.07) is 4.83. The second-order valence-corrected chi connectivity index (χ2v) is 8.69. The van der Waals surface area contributed by atoms with Gasteiger partial charge >= 0.3 is 0 Å². The van der Waals surface area contributed by atoms with Gasteiger partial charge in [-0.1, -0.05) is 49.0 Å². The van der Waals surface area contributed by atoms with Gasteiger partial charge in [-0.15, -0.1) is 0 Å². The van der Waals surface area contributed by atoms with E-state index in [4.69, 9.17) is 27.9 Å². The molecule has 0 aliphatic heterocycles. The fourth-order valence-electron chi connectivity index (χ4n) is 2.84. The standard InChI is InChI=1S/C16H23Cl2NO3S/c1-12-4-2-3-5-16(12)22-9-8-19-23(20,21)11-13-6-7-14(17)15(18)10-13/h6-7,10,12,16,19H,2-5,8-9,11H2,1H3. The summed E-state index contributed by atoms with van der Waals surface area (Å²) in [4.78, 5) is 0. The zero-order chi connectivity index (χ0) is 16.9. The summed E-state index contributed by atoms with van der Waals surface area (Å²) in [5, 5.41) is 0.768. The lowest BCUT2D eigenvalue weighted by Gasteiger charge is -2.28. The van der Waals surface area contributed by atoms with E-state index in [-0.39, 0.29) is 18.4 Å². The third-order valence-electron chi connectivity index (χ3n) is 4.13. The number of benzene rings is 1. The molecule has 1 aromatic rings. The van der Waals surface area contributed by atoms with Crippen molar-refractivity contribution < 1.29 is 13.2 Å². The number of rotatable bonds is 7. The van der Waals surface area contributed by atoms with E-state index in [0.29, 0.717) is 28.1 Å². The molecule has 1 aliphatic rings. The molecule has 0 heterocycles. The largest absolute Gasteiger partial charge is 0.377 e. The van der Waals surface area contributed by atoms with Crippen molar-refractivity contribution in [2.75, 3.05) is 13.2 Å². The molecule has 2 unspecified atom stereocenters. The molecule has 1 aromatic carbocycles. The molecule has 0 radical (unpaired) electrons. The quantitative estimate of drug-likeness (QED) is 0.728. The zero-order valence-corrected chi connectivity index (χ0v) is 15.6. The van der Waals surface area contributed by atoms with E-state index in [1.165, 1.54) is 19.3 Å². The second-order valence-electron chi connectivity index (χ2n) is 6.07. The minimum Gasteiger partial charge on any atom is -0.377 e. The van der Waals surface area contributed by atoms with Crippen LogP contribution in [0.25, 0.3) is 0 Å². The summed E-state index contributed by atoms with van der Waals surface area (Å²) < 4.78 is 32.5. The average Bonchev–Trinajstić information content (AvgIpc) is 2.49. The van der Waals surface area contributed by atoms with Crippen molar-refractivity contribution >= 4 is 33.2 Å². The maximum absolute atomic E-state index is 12.1. The Labute approximate surface area is 148 Å². The summed E-state index contributed by atoms with van der Waals surface area (Å²) in [6.07, 6.45) is 4.96. The highest BCUT2D eigenvalue weighted by Crippen LogP contribution is 2.26. The first-order valence-electron chi connectivity index (χ1n) is 7.90. The number of nitrogens with one attached hydrogen (secondary N) is 1. The topological polar surface area (TPSA) is 55.4 Å². The van der Waals surface area contributed by atoms with Crippen molar-refractivity contribution in [2.45, 2.75) is 44.5 Å². The molecular formula is C16H23Cl2NO3S. The van der Waals surface area contributed by atoms with Gasteiger partial charge in [0.25, 0.3) is 0 Å². The van der Waals surface area contributed by atoms with Crippen LogP contribution < -0.4 is 4.72 Å². The normalized spacial score (nSPS) is 22.2. The molecule has 0 bridgehead atoms. The Bertz CT molecular complexity index is 622. The maximum Gasteiger partial charge on any atom is 0.215 e. The molecule has 0 amide bonds. The van der Waals surface area contributed by atoms with E-state index >= 15 is 0 Å². The summed E-state index contributed by atoms with van der Waals surface area (Å²) in [6.45, 7) is 2.88. The SMILES string of the molecule is CC1CCCCC1OCCNS(=O)(=O)Cc1ccc(Cl)c(Cl)c1. The summed E-state index contributed by atoms with van der Waals surface area (Å²) in [5.41, 5.74) is 0.605. The van der Waals surface area contributed by atoms with E-state index in [1.54, 1.807) is 18.2 Å². The molecule has 4 nitrogen and oxygen atoms in total. The molecule has 2 atom stereocenters. The van der Waals surface area contributed by atoms with Gasteiger partial charge < -0.3 is 4.74 Å². The van der Waals surface area contributed by atoms with Gasteiger partial charge in [-0.2, -0.15) is 0 Å². The van der Waals surface area contributed by atoms with Crippen molar-refractivity contribution in [3.05, 3.63) is 33.8 Å². The molecule has 0 saturated heterocycles. The third kappa shape index (κ3) is 6.24. The van der Waals surface area contributed by atoms with Crippen LogP contribution in [0.4, 0.5) is 0 Å². The Balaban J connectivity index is 1.76. The molecule has 7 heteroatoms. The molecule has 130 valence electrons. The van der Waals surface area contributed by atoms with E-state index in [0.717, 1.165) is 6.42 Å². The number of ether oxygens (including phenoxy) is 1. The molecule has 23 heavy (non-hydrogen) atoms. The minimum atomic E-state index is -3.41. The van der Waals surface area contributed by atoms with Crippen LogP contribution in [0.2, 0.25) is 10.0 Å². The molecule has 0 aromatic heterocycles. The predicted octanol–water partition coefficient (Wildman–Crippen LogP) is 4.01. The predicted molar refractivity (Wildman–Crippen MR) is 94.5 cm³/mol. The number of sulfonamides is 1. The molecule has 1 N–H and O–H groups in total. The van der Waals surface area contributed by atoms with Gasteiger partial charge in [-0.3, -0.25) is 0 Å². The first-order chi connectivity index (χ1) is 10.9. The van der Waals surface area contributed by atoms with Crippen LogP contribution in [0.15, 0.2) is 18.2 Å². The maximum atomic E-state index is 12.1. The highest BCUT2D eigenvalue weighted by molar-refractivity contribution is 7.88. The smallest absolute Gasteiger partial charge is 0.215 e. The van der Waals surface area contributed by atoms with Crippen LogP contribution in [-0.4, -0.2) is 27.7 Å². The highest BCUT2D eigenvalue weighted by atomic mass is 35.5. The first-order valence-corrected chi connectivity index (χ1v) is 10.3. The first kappa shape index (κ1) is 19.0. The van der Waals surface area contributed by atoms with E-state index in [2.05, 4.69) is 11.6 Å². The third-order valence-corrected chi connectivity index (χ3v) is 6.23. The fourth-order valence-corrected chi connectivity index (χ4v) is 4.27. The van der Waals surface area contributed by atoms with Gasteiger partial charge in [0, 0.05) is 6.54 Å². The summed E-state index contributed by atoms with van der Waals surface area (Å²) >= 11 is 11.7. The fraction of sp³-hybridized carbons (Fsp3) is 0.625. The van der Waals surface area contributed by atoms with Crippen molar-refractivity contribution in [1.29, 1.82) is 0 Å². The van der Waals surface area contributed by atoms with Crippen LogP contribution in [-0.2, 0) is 20.5 Å². The molecule has 2 rings (SSSR count). The van der Waals surface area contributed by atoms with Gasteiger partial charge in [0.2, 0.25) is 10.0 Å². The summed E-state index contributed by atoms with van der Waals surface area (Å²) in [7, 11) is -3.41. The Morgan fingerprint density at radius 3 is 2.65 bits per heavy atom. The Kier molecular flexibility index (Phi) is 7.17. The van der Waals surface area contributed by atoms with Crippen LogP contribution in [0, 0.1) is 5.92 Å². The van der Waals surface area contributed by atoms with E-state index in [9.17, 15) is 8.42 Å². The van der Waals surface area contributed by atoms with E-state index < -0.39 is 10.0 Å². The number of hydrogen-bond donors (Lipinski definition) is 1. The Morgan fingerprint density at radius 2 is 1.96 bits per heavy atom. The molecule has 1 aliphatic carbocycles. The van der Waals surface area contributed by atoms with Gasteiger partial charge in [-0.25, -0.2) is 13.1 Å². The zero-order valence-electron chi connectivity index (χ0n) is 13.2. The molecule has 0 spiro atoms.